The first kappa shape index (κ1) is 13.8. The van der Waals surface area contributed by atoms with Crippen molar-refractivity contribution in [2.45, 2.75) is 20.3 Å². The molecule has 0 saturated carbocycles. The number of nitrogens with zero attached hydrogens (tertiary/aromatic N) is 1. The highest BCUT2D eigenvalue weighted by Gasteiger charge is 2.01. The summed E-state index contributed by atoms with van der Waals surface area (Å²) in [6.45, 7) is 7.42. The van der Waals surface area contributed by atoms with Crippen molar-refractivity contribution in [3.8, 4) is 5.75 Å². The van der Waals surface area contributed by atoms with E-state index in [1.165, 1.54) is 0 Å². The predicted molar refractivity (Wildman–Crippen MR) is 73.3 cm³/mol. The van der Waals surface area contributed by atoms with Gasteiger partial charge in [-0.25, -0.2) is 0 Å². The molecule has 0 bridgehead atoms. The molecule has 96 valence electrons. The largest absolute Gasteiger partial charge is 0.493 e. The summed E-state index contributed by atoms with van der Waals surface area (Å²) in [4.78, 5) is 2.34. The fourth-order valence-corrected chi connectivity index (χ4v) is 1.84. The van der Waals surface area contributed by atoms with Crippen LogP contribution in [-0.2, 0) is 0 Å². The maximum atomic E-state index is 5.68. The average molecular weight is 236 g/mol. The molecule has 0 atom stereocenters. The van der Waals surface area contributed by atoms with E-state index in [0.29, 0.717) is 0 Å². The molecule has 3 nitrogen and oxygen atoms in total. The Balaban J connectivity index is 2.16. The first-order chi connectivity index (χ1) is 8.08. The van der Waals surface area contributed by atoms with Crippen LogP contribution < -0.4 is 10.5 Å². The molecule has 0 fully saturated rings. The van der Waals surface area contributed by atoms with E-state index in [9.17, 15) is 0 Å². The van der Waals surface area contributed by atoms with Gasteiger partial charge in [-0.05, 0) is 31.5 Å². The van der Waals surface area contributed by atoms with Crippen LogP contribution in [0.25, 0.3) is 0 Å². The molecular formula is C14H24N2O. The molecule has 2 N–H and O–H groups in total. The molecular weight excluding hydrogens is 212 g/mol. The standard InChI is InChI=1S/C14H24N2O/c1-12(2)11-16(3)8-5-9-17-14-7-4-6-13(15)10-14/h4,6-7,10,12H,5,8-9,11,15H2,1-3H3. The zero-order valence-electron chi connectivity index (χ0n) is 11.1. The normalized spacial score (nSPS) is 11.1. The Morgan fingerprint density at radius 3 is 2.76 bits per heavy atom. The summed E-state index contributed by atoms with van der Waals surface area (Å²) in [6.07, 6.45) is 1.04. The molecule has 0 aromatic heterocycles. The second-order valence-electron chi connectivity index (χ2n) is 4.93. The Hall–Kier alpha value is -1.22. The molecule has 0 unspecified atom stereocenters. The summed E-state index contributed by atoms with van der Waals surface area (Å²) in [5.41, 5.74) is 6.43. The topological polar surface area (TPSA) is 38.5 Å². The molecule has 3 heteroatoms. The van der Waals surface area contributed by atoms with Crippen LogP contribution in [0.1, 0.15) is 20.3 Å². The van der Waals surface area contributed by atoms with E-state index in [1.807, 2.05) is 24.3 Å². The van der Waals surface area contributed by atoms with Crippen LogP contribution in [0.5, 0.6) is 5.75 Å². The summed E-state index contributed by atoms with van der Waals surface area (Å²) >= 11 is 0. The Labute approximate surface area is 105 Å². The van der Waals surface area contributed by atoms with Crippen molar-refractivity contribution >= 4 is 5.69 Å². The van der Waals surface area contributed by atoms with Crippen LogP contribution in [0.15, 0.2) is 24.3 Å². The van der Waals surface area contributed by atoms with E-state index in [0.717, 1.165) is 43.5 Å². The van der Waals surface area contributed by atoms with Gasteiger partial charge in [0.05, 0.1) is 6.61 Å². The highest BCUT2D eigenvalue weighted by Crippen LogP contribution is 2.14. The fraction of sp³-hybridized carbons (Fsp3) is 0.571. The molecule has 0 spiro atoms. The van der Waals surface area contributed by atoms with E-state index < -0.39 is 0 Å². The zero-order valence-corrected chi connectivity index (χ0v) is 11.1. The summed E-state index contributed by atoms with van der Waals surface area (Å²) in [5, 5.41) is 0. The Morgan fingerprint density at radius 1 is 1.35 bits per heavy atom. The number of anilines is 1. The minimum absolute atomic E-state index is 0.717. The highest BCUT2D eigenvalue weighted by atomic mass is 16.5. The van der Waals surface area contributed by atoms with Gasteiger partial charge < -0.3 is 15.4 Å². The van der Waals surface area contributed by atoms with Crippen LogP contribution >= 0.6 is 0 Å². The minimum Gasteiger partial charge on any atom is -0.493 e. The van der Waals surface area contributed by atoms with Gasteiger partial charge in [0.15, 0.2) is 0 Å². The molecule has 1 rings (SSSR count). The number of nitrogens with two attached hydrogens (primary N) is 1. The number of ether oxygens (including phenoxy) is 1. The smallest absolute Gasteiger partial charge is 0.121 e. The highest BCUT2D eigenvalue weighted by molar-refractivity contribution is 5.43. The van der Waals surface area contributed by atoms with Crippen molar-refractivity contribution < 1.29 is 4.74 Å². The molecule has 0 aliphatic carbocycles. The molecule has 0 amide bonds. The second kappa shape index (κ2) is 7.17. The lowest BCUT2D eigenvalue weighted by Crippen LogP contribution is -2.25. The first-order valence-corrected chi connectivity index (χ1v) is 6.25. The van der Waals surface area contributed by atoms with Gasteiger partial charge in [0.1, 0.15) is 5.75 Å². The maximum absolute atomic E-state index is 5.68. The van der Waals surface area contributed by atoms with E-state index in [1.54, 1.807) is 0 Å². The van der Waals surface area contributed by atoms with Crippen molar-refractivity contribution in [2.24, 2.45) is 5.92 Å². The van der Waals surface area contributed by atoms with Gasteiger partial charge >= 0.3 is 0 Å². The molecule has 0 heterocycles. The van der Waals surface area contributed by atoms with Crippen molar-refractivity contribution in [3.05, 3.63) is 24.3 Å². The van der Waals surface area contributed by atoms with Gasteiger partial charge in [0, 0.05) is 24.8 Å². The molecule has 17 heavy (non-hydrogen) atoms. The predicted octanol–water partition coefficient (Wildman–Crippen LogP) is 2.63. The summed E-state index contributed by atoms with van der Waals surface area (Å²) < 4.78 is 5.64. The number of rotatable bonds is 7. The van der Waals surface area contributed by atoms with Crippen LogP contribution in [0.3, 0.4) is 0 Å². The number of hydrogen-bond acceptors (Lipinski definition) is 3. The van der Waals surface area contributed by atoms with Crippen LogP contribution in [0.2, 0.25) is 0 Å². The molecule has 1 aromatic carbocycles. The molecule has 0 aliphatic heterocycles. The lowest BCUT2D eigenvalue weighted by Gasteiger charge is -2.18. The lowest BCUT2D eigenvalue weighted by atomic mass is 10.2. The van der Waals surface area contributed by atoms with Crippen LogP contribution in [0.4, 0.5) is 5.69 Å². The van der Waals surface area contributed by atoms with Crippen molar-refractivity contribution in [2.75, 3.05) is 32.5 Å². The number of hydrogen-bond donors (Lipinski definition) is 1. The van der Waals surface area contributed by atoms with E-state index >= 15 is 0 Å². The van der Waals surface area contributed by atoms with E-state index in [-0.39, 0.29) is 0 Å². The third kappa shape index (κ3) is 6.17. The van der Waals surface area contributed by atoms with Gasteiger partial charge in [-0.15, -0.1) is 0 Å². The van der Waals surface area contributed by atoms with Crippen molar-refractivity contribution in [1.29, 1.82) is 0 Å². The summed E-state index contributed by atoms with van der Waals surface area (Å²) in [6, 6.07) is 7.57. The Bertz CT molecular complexity index is 326. The summed E-state index contributed by atoms with van der Waals surface area (Å²) in [7, 11) is 2.15. The SMILES string of the molecule is CC(C)CN(C)CCCOc1cccc(N)c1. The third-order valence-electron chi connectivity index (χ3n) is 2.49. The zero-order chi connectivity index (χ0) is 12.7. The molecule has 1 aromatic rings. The van der Waals surface area contributed by atoms with Gasteiger partial charge in [-0.1, -0.05) is 19.9 Å². The second-order valence-corrected chi connectivity index (χ2v) is 4.93. The van der Waals surface area contributed by atoms with Gasteiger partial charge in [0.2, 0.25) is 0 Å². The lowest BCUT2D eigenvalue weighted by molar-refractivity contribution is 0.248. The van der Waals surface area contributed by atoms with Crippen LogP contribution in [0, 0.1) is 5.92 Å². The Morgan fingerprint density at radius 2 is 2.12 bits per heavy atom. The molecule has 0 aliphatic rings. The first-order valence-electron chi connectivity index (χ1n) is 6.25. The number of benzene rings is 1. The van der Waals surface area contributed by atoms with Crippen molar-refractivity contribution in [3.63, 3.8) is 0 Å². The quantitative estimate of drug-likeness (QED) is 0.584. The van der Waals surface area contributed by atoms with E-state index in [2.05, 4.69) is 25.8 Å². The monoisotopic (exact) mass is 236 g/mol. The average Bonchev–Trinajstić information content (AvgIpc) is 2.23. The molecule has 0 radical (unpaired) electrons. The number of nitrogen functional groups attached to an aromatic ring is 1. The van der Waals surface area contributed by atoms with Gasteiger partial charge in [-0.2, -0.15) is 0 Å². The molecule has 0 saturated heterocycles. The summed E-state index contributed by atoms with van der Waals surface area (Å²) in [5.74, 6) is 1.58. The third-order valence-corrected chi connectivity index (χ3v) is 2.49. The van der Waals surface area contributed by atoms with Crippen molar-refractivity contribution in [1.82, 2.24) is 4.90 Å². The van der Waals surface area contributed by atoms with E-state index in [4.69, 9.17) is 10.5 Å². The van der Waals surface area contributed by atoms with Gasteiger partial charge in [0.25, 0.3) is 0 Å². The fourth-order valence-electron chi connectivity index (χ4n) is 1.84. The Kier molecular flexibility index (Phi) is 5.84. The maximum Gasteiger partial charge on any atom is 0.121 e. The van der Waals surface area contributed by atoms with Crippen LogP contribution in [-0.4, -0.2) is 31.6 Å². The van der Waals surface area contributed by atoms with Gasteiger partial charge in [-0.3, -0.25) is 0 Å². The minimum atomic E-state index is 0.717.